The summed E-state index contributed by atoms with van der Waals surface area (Å²) in [6.45, 7) is 0. The van der Waals surface area contributed by atoms with Gasteiger partial charge in [0, 0.05) is 22.8 Å². The van der Waals surface area contributed by atoms with Crippen LogP contribution in [0.4, 0.5) is 4.39 Å². The molecule has 2 heterocycles. The van der Waals surface area contributed by atoms with Crippen molar-refractivity contribution < 1.29 is 8.91 Å². The lowest BCUT2D eigenvalue weighted by Crippen LogP contribution is -2.12. The fourth-order valence-corrected chi connectivity index (χ4v) is 2.61. The van der Waals surface area contributed by atoms with E-state index in [1.165, 1.54) is 29.1 Å². The van der Waals surface area contributed by atoms with Crippen LogP contribution in [0.25, 0.3) is 28.7 Å². The summed E-state index contributed by atoms with van der Waals surface area (Å²) in [5.74, 6) is -0.569. The van der Waals surface area contributed by atoms with Gasteiger partial charge in [-0.1, -0.05) is 28.4 Å². The molecule has 134 valence electrons. The molecule has 0 radical (unpaired) electrons. The van der Waals surface area contributed by atoms with Crippen LogP contribution < -0.4 is 5.43 Å². The molecule has 0 saturated heterocycles. The summed E-state index contributed by atoms with van der Waals surface area (Å²) < 4.78 is 20.3. The summed E-state index contributed by atoms with van der Waals surface area (Å²) in [4.78, 5) is 16.3. The van der Waals surface area contributed by atoms with E-state index in [9.17, 15) is 9.18 Å². The minimum Gasteiger partial charge on any atom is -0.332 e. The Bertz CT molecular complexity index is 1190. The van der Waals surface area contributed by atoms with Crippen molar-refractivity contribution >= 4 is 23.2 Å². The molecule has 9 heteroatoms. The van der Waals surface area contributed by atoms with Crippen molar-refractivity contribution in [3.63, 3.8) is 0 Å². The highest BCUT2D eigenvalue weighted by atomic mass is 35.5. The molecule has 0 aliphatic rings. The molecule has 0 saturated carbocycles. The molecule has 0 aliphatic heterocycles. The molecular weight excluding hydrogens is 394 g/mol. The Morgan fingerprint density at radius 1 is 1.04 bits per heavy atom. The number of hydrogen-bond acceptors (Lipinski definition) is 5. The average Bonchev–Trinajstić information content (AvgIpc) is 3.15. The van der Waals surface area contributed by atoms with Crippen molar-refractivity contribution in [1.82, 2.24) is 19.9 Å². The van der Waals surface area contributed by atoms with E-state index in [0.29, 0.717) is 16.3 Å². The van der Waals surface area contributed by atoms with E-state index in [1.807, 2.05) is 0 Å². The number of aromatic nitrogens is 4. The van der Waals surface area contributed by atoms with E-state index in [4.69, 9.17) is 27.7 Å². The second-order valence-electron chi connectivity index (χ2n) is 5.50. The van der Waals surface area contributed by atoms with Gasteiger partial charge in [0.25, 0.3) is 5.89 Å². The van der Waals surface area contributed by atoms with Crippen molar-refractivity contribution in [2.45, 2.75) is 0 Å². The molecule has 0 aliphatic carbocycles. The highest BCUT2D eigenvalue weighted by Gasteiger charge is 2.17. The Balaban J connectivity index is 1.74. The zero-order valence-electron chi connectivity index (χ0n) is 13.4. The van der Waals surface area contributed by atoms with E-state index in [-0.39, 0.29) is 22.4 Å². The number of hydrogen-bond donors (Lipinski definition) is 0. The molecule has 0 unspecified atom stereocenters. The largest absolute Gasteiger partial charge is 0.332 e. The monoisotopic (exact) mass is 402 g/mol. The third-order valence-corrected chi connectivity index (χ3v) is 4.26. The van der Waals surface area contributed by atoms with Crippen LogP contribution in [0.1, 0.15) is 0 Å². The van der Waals surface area contributed by atoms with E-state index >= 15 is 0 Å². The molecule has 4 rings (SSSR count). The van der Waals surface area contributed by atoms with Crippen molar-refractivity contribution in [1.29, 1.82) is 0 Å². The second kappa shape index (κ2) is 6.94. The summed E-state index contributed by atoms with van der Waals surface area (Å²) in [6, 6.07) is 12.4. The van der Waals surface area contributed by atoms with Gasteiger partial charge in [0.05, 0.1) is 10.7 Å². The zero-order chi connectivity index (χ0) is 19.0. The first kappa shape index (κ1) is 17.4. The van der Waals surface area contributed by atoms with E-state index in [2.05, 4.69) is 15.2 Å². The van der Waals surface area contributed by atoms with Gasteiger partial charge in [0.15, 0.2) is 5.69 Å². The normalized spacial score (nSPS) is 10.9. The Morgan fingerprint density at radius 2 is 1.81 bits per heavy atom. The number of nitrogens with zero attached hydrogens (tertiary/aromatic N) is 4. The number of benzene rings is 2. The summed E-state index contributed by atoms with van der Waals surface area (Å²) in [6.07, 6.45) is 1.51. The smallest absolute Gasteiger partial charge is 0.282 e. The van der Waals surface area contributed by atoms with Crippen molar-refractivity contribution in [2.24, 2.45) is 0 Å². The standard InChI is InChI=1S/C18H9Cl2FN4O2/c19-11-2-4-12(5-3-11)25-8-7-15(26)16(23-25)18-22-17(24-27-18)10-1-6-13(20)14(21)9-10/h1-9H. The van der Waals surface area contributed by atoms with Crippen LogP contribution in [-0.4, -0.2) is 19.9 Å². The molecule has 2 aromatic carbocycles. The molecule has 6 nitrogen and oxygen atoms in total. The molecule has 0 N–H and O–H groups in total. The molecule has 0 spiro atoms. The lowest BCUT2D eigenvalue weighted by molar-refractivity contribution is 0.429. The Hall–Kier alpha value is -3.03. The quantitative estimate of drug-likeness (QED) is 0.507. The molecular formula is C18H9Cl2FN4O2. The highest BCUT2D eigenvalue weighted by molar-refractivity contribution is 6.31. The summed E-state index contributed by atoms with van der Waals surface area (Å²) in [7, 11) is 0. The van der Waals surface area contributed by atoms with Gasteiger partial charge in [-0.15, -0.1) is 0 Å². The zero-order valence-corrected chi connectivity index (χ0v) is 14.9. The molecule has 0 bridgehead atoms. The van der Waals surface area contributed by atoms with E-state index in [0.717, 1.165) is 0 Å². The average molecular weight is 403 g/mol. The van der Waals surface area contributed by atoms with Gasteiger partial charge >= 0.3 is 0 Å². The Morgan fingerprint density at radius 3 is 2.56 bits per heavy atom. The first-order valence-electron chi connectivity index (χ1n) is 7.67. The van der Waals surface area contributed by atoms with E-state index < -0.39 is 11.2 Å². The van der Waals surface area contributed by atoms with Gasteiger partial charge in [-0.25, -0.2) is 9.07 Å². The van der Waals surface area contributed by atoms with Crippen LogP contribution in [0.5, 0.6) is 0 Å². The van der Waals surface area contributed by atoms with Crippen molar-refractivity contribution in [3.8, 4) is 28.7 Å². The third kappa shape index (κ3) is 3.47. The minimum atomic E-state index is -0.608. The fraction of sp³-hybridized carbons (Fsp3) is 0. The third-order valence-electron chi connectivity index (χ3n) is 3.71. The molecule has 27 heavy (non-hydrogen) atoms. The van der Waals surface area contributed by atoms with Crippen LogP contribution in [0.2, 0.25) is 10.0 Å². The van der Waals surface area contributed by atoms with Crippen LogP contribution in [-0.2, 0) is 0 Å². The van der Waals surface area contributed by atoms with Crippen LogP contribution in [0, 0.1) is 5.82 Å². The molecule has 0 amide bonds. The summed E-state index contributed by atoms with van der Waals surface area (Å²) in [5, 5.41) is 8.60. The molecule has 2 aromatic heterocycles. The van der Waals surface area contributed by atoms with Gasteiger partial charge in [-0.05, 0) is 42.5 Å². The molecule has 0 atom stereocenters. The van der Waals surface area contributed by atoms with Crippen molar-refractivity contribution in [2.75, 3.05) is 0 Å². The predicted molar refractivity (Wildman–Crippen MR) is 98.5 cm³/mol. The minimum absolute atomic E-state index is 0.0157. The Labute approximate surface area is 161 Å². The van der Waals surface area contributed by atoms with Gasteiger partial charge in [-0.2, -0.15) is 10.1 Å². The van der Waals surface area contributed by atoms with Crippen LogP contribution >= 0.6 is 23.2 Å². The Kier molecular flexibility index (Phi) is 4.47. The maximum Gasteiger partial charge on any atom is 0.282 e. The lowest BCUT2D eigenvalue weighted by Gasteiger charge is -2.05. The van der Waals surface area contributed by atoms with Gasteiger partial charge < -0.3 is 4.52 Å². The molecule has 0 fully saturated rings. The fourth-order valence-electron chi connectivity index (χ4n) is 2.37. The topological polar surface area (TPSA) is 73.8 Å². The molecule has 4 aromatic rings. The lowest BCUT2D eigenvalue weighted by atomic mass is 10.2. The predicted octanol–water partition coefficient (Wildman–Crippen LogP) is 4.40. The number of rotatable bonds is 3. The first-order valence-corrected chi connectivity index (χ1v) is 8.42. The maximum absolute atomic E-state index is 13.6. The SMILES string of the molecule is O=c1ccn(-c2ccc(Cl)cc2)nc1-c1nc(-c2ccc(Cl)c(F)c2)no1. The van der Waals surface area contributed by atoms with Crippen molar-refractivity contribution in [3.05, 3.63) is 80.8 Å². The first-order chi connectivity index (χ1) is 13.0. The van der Waals surface area contributed by atoms with Gasteiger partial charge in [0.2, 0.25) is 11.3 Å². The summed E-state index contributed by atoms with van der Waals surface area (Å²) >= 11 is 11.6. The highest BCUT2D eigenvalue weighted by Crippen LogP contribution is 2.24. The second-order valence-corrected chi connectivity index (χ2v) is 6.35. The summed E-state index contributed by atoms with van der Waals surface area (Å²) in [5.41, 5.74) is 0.638. The maximum atomic E-state index is 13.6. The van der Waals surface area contributed by atoms with Gasteiger partial charge in [0.1, 0.15) is 5.82 Å². The number of halogens is 3. The van der Waals surface area contributed by atoms with Gasteiger partial charge in [-0.3, -0.25) is 4.79 Å². The van der Waals surface area contributed by atoms with E-state index in [1.54, 1.807) is 30.3 Å². The van der Waals surface area contributed by atoms with Crippen LogP contribution in [0.15, 0.2) is 64.0 Å². The van der Waals surface area contributed by atoms with Crippen LogP contribution in [0.3, 0.4) is 0 Å².